The Kier molecular flexibility index (Phi) is 8.27. The van der Waals surface area contributed by atoms with E-state index in [1.54, 1.807) is 0 Å². The first-order valence-corrected chi connectivity index (χ1v) is 6.88. The minimum Gasteiger partial charge on any atom is -0.481 e. The lowest BCUT2D eigenvalue weighted by atomic mass is 9.70. The van der Waals surface area contributed by atoms with Gasteiger partial charge in [-0.25, -0.2) is 4.79 Å². The number of carboxylic acid groups (broad SMARTS) is 4. The smallest absolute Gasteiger partial charge is 0.329 e. The van der Waals surface area contributed by atoms with Crippen LogP contribution in [0.25, 0.3) is 0 Å². The Balaban J connectivity index is 6.59. The Morgan fingerprint density at radius 3 is 1.69 bits per heavy atom. The summed E-state index contributed by atoms with van der Waals surface area (Å²) in [6, 6.07) is 0. The Morgan fingerprint density at radius 1 is 0.846 bits per heavy atom. The molecule has 0 fully saturated rings. The van der Waals surface area contributed by atoms with Crippen LogP contribution in [0.4, 0.5) is 0 Å². The number of hydrogen-bond donors (Lipinski definition) is 7. The summed E-state index contributed by atoms with van der Waals surface area (Å²) >= 11 is 0. The molecule has 0 aliphatic carbocycles. The molecule has 0 aromatic rings. The van der Waals surface area contributed by atoms with Crippen LogP contribution in [-0.2, 0) is 28.7 Å². The number of hydrogen-bond acceptors (Lipinski definition) is 9. The maximum absolute atomic E-state index is 12.4. The van der Waals surface area contributed by atoms with Crippen molar-refractivity contribution in [2.45, 2.75) is 36.6 Å². The molecule has 0 spiro atoms. The SMILES string of the molecule is O=C(O)CO[C@@](CC(=O)O)(C(=O)CC(=O)O)[C@@](O)(CC(=O)O)[C@H](O)CO. The molecule has 3 atom stereocenters. The van der Waals surface area contributed by atoms with Crippen molar-refractivity contribution < 1.29 is 64.5 Å². The molecule has 0 saturated carbocycles. The molecule has 0 radical (unpaired) electrons. The number of aliphatic carboxylic acids is 4. The molecular formula is C13H18O13. The normalized spacial score (nSPS) is 16.7. The number of Topliss-reactive ketones (excluding diaryl/α,β-unsaturated/α-hetero) is 1. The maximum Gasteiger partial charge on any atom is 0.329 e. The summed E-state index contributed by atoms with van der Waals surface area (Å²) in [5.41, 5.74) is -6.63. The molecule has 0 amide bonds. The Bertz CT molecular complexity index is 585. The van der Waals surface area contributed by atoms with Crippen molar-refractivity contribution in [3.05, 3.63) is 0 Å². The molecule has 148 valence electrons. The zero-order valence-corrected chi connectivity index (χ0v) is 13.2. The molecule has 13 nitrogen and oxygen atoms in total. The van der Waals surface area contributed by atoms with Crippen LogP contribution in [0, 0.1) is 0 Å². The molecule has 0 unspecified atom stereocenters. The third-order valence-corrected chi connectivity index (χ3v) is 3.45. The molecule has 0 heterocycles. The highest BCUT2D eigenvalue weighted by molar-refractivity contribution is 6.02. The number of carbonyl (C=O) groups excluding carboxylic acids is 1. The first-order valence-electron chi connectivity index (χ1n) is 6.88. The van der Waals surface area contributed by atoms with Crippen molar-refractivity contribution in [3.8, 4) is 0 Å². The first kappa shape index (κ1) is 23.4. The first-order chi connectivity index (χ1) is 11.8. The van der Waals surface area contributed by atoms with Crippen molar-refractivity contribution in [3.63, 3.8) is 0 Å². The van der Waals surface area contributed by atoms with Gasteiger partial charge in [0.1, 0.15) is 24.7 Å². The molecule has 7 N–H and O–H groups in total. The fraction of sp³-hybridized carbons (Fsp3) is 0.615. The van der Waals surface area contributed by atoms with Crippen molar-refractivity contribution >= 4 is 29.7 Å². The van der Waals surface area contributed by atoms with Gasteiger partial charge in [0.2, 0.25) is 0 Å². The molecule has 13 heteroatoms. The van der Waals surface area contributed by atoms with Crippen LogP contribution in [0.3, 0.4) is 0 Å². The van der Waals surface area contributed by atoms with Crippen molar-refractivity contribution in [1.82, 2.24) is 0 Å². The van der Waals surface area contributed by atoms with Gasteiger partial charge in [-0.15, -0.1) is 0 Å². The van der Waals surface area contributed by atoms with E-state index in [-0.39, 0.29) is 0 Å². The molecule has 0 aromatic heterocycles. The van der Waals surface area contributed by atoms with Gasteiger partial charge in [0.05, 0.1) is 19.4 Å². The van der Waals surface area contributed by atoms with Crippen LogP contribution < -0.4 is 0 Å². The monoisotopic (exact) mass is 382 g/mol. The molecule has 0 aliphatic rings. The average Bonchev–Trinajstić information content (AvgIpc) is 2.48. The van der Waals surface area contributed by atoms with Gasteiger partial charge in [0, 0.05) is 0 Å². The highest BCUT2D eigenvalue weighted by Crippen LogP contribution is 2.38. The van der Waals surface area contributed by atoms with E-state index in [2.05, 4.69) is 4.74 Å². The number of carboxylic acids is 4. The number of aliphatic hydroxyl groups is 3. The maximum atomic E-state index is 12.4. The molecule has 0 aromatic carbocycles. The fourth-order valence-corrected chi connectivity index (χ4v) is 2.34. The van der Waals surface area contributed by atoms with E-state index in [0.717, 1.165) is 0 Å². The molecule has 26 heavy (non-hydrogen) atoms. The van der Waals surface area contributed by atoms with Crippen molar-refractivity contribution in [2.24, 2.45) is 0 Å². The second-order valence-electron chi connectivity index (χ2n) is 5.27. The summed E-state index contributed by atoms with van der Waals surface area (Å²) < 4.78 is 4.68. The lowest BCUT2D eigenvalue weighted by molar-refractivity contribution is -0.234. The number of carbonyl (C=O) groups is 5. The summed E-state index contributed by atoms with van der Waals surface area (Å²) in [5, 5.41) is 64.9. The van der Waals surface area contributed by atoms with Crippen LogP contribution in [0.1, 0.15) is 19.3 Å². The standard InChI is InChI=1S/C13H18O13/c14-4-7(16)12(25,2-9(19)20)13(3-10(21)22,26-5-11(23)24)6(15)1-8(17)18/h7,14,16,25H,1-5H2,(H,17,18)(H,19,20)(H,21,22)(H,23,24)/t7-,12-,13+/m1/s1. The number of rotatable bonds is 13. The van der Waals surface area contributed by atoms with E-state index >= 15 is 0 Å². The van der Waals surface area contributed by atoms with Gasteiger partial charge in [0.25, 0.3) is 0 Å². The van der Waals surface area contributed by atoms with Gasteiger partial charge in [0.15, 0.2) is 11.4 Å². The Hall–Kier alpha value is -2.61. The summed E-state index contributed by atoms with van der Waals surface area (Å²) in [6.45, 7) is -2.80. The van der Waals surface area contributed by atoms with E-state index < -0.39 is 79.4 Å². The zero-order chi connectivity index (χ0) is 20.7. The summed E-state index contributed by atoms with van der Waals surface area (Å²) in [5.74, 6) is -9.07. The summed E-state index contributed by atoms with van der Waals surface area (Å²) in [4.78, 5) is 56.2. The van der Waals surface area contributed by atoms with E-state index in [4.69, 9.17) is 25.5 Å². The molecule has 0 aliphatic heterocycles. The van der Waals surface area contributed by atoms with Crippen molar-refractivity contribution in [1.29, 1.82) is 0 Å². The highest BCUT2D eigenvalue weighted by atomic mass is 16.5. The summed E-state index contributed by atoms with van der Waals surface area (Å²) in [7, 11) is 0. The van der Waals surface area contributed by atoms with E-state index in [1.807, 2.05) is 0 Å². The third-order valence-electron chi connectivity index (χ3n) is 3.45. The fourth-order valence-electron chi connectivity index (χ4n) is 2.34. The molecule has 0 saturated heterocycles. The van der Waals surface area contributed by atoms with Crippen LogP contribution in [0.5, 0.6) is 0 Å². The lowest BCUT2D eigenvalue weighted by Gasteiger charge is -2.45. The van der Waals surface area contributed by atoms with Gasteiger partial charge in [-0.1, -0.05) is 0 Å². The number of ether oxygens (including phenoxy) is 1. The van der Waals surface area contributed by atoms with Crippen LogP contribution in [0.2, 0.25) is 0 Å². The predicted molar refractivity (Wildman–Crippen MR) is 76.1 cm³/mol. The average molecular weight is 382 g/mol. The van der Waals surface area contributed by atoms with Gasteiger partial charge < -0.3 is 40.5 Å². The highest BCUT2D eigenvalue weighted by Gasteiger charge is 2.62. The predicted octanol–water partition coefficient (Wildman–Crippen LogP) is -3.10. The minimum atomic E-state index is -3.35. The van der Waals surface area contributed by atoms with Crippen LogP contribution >= 0.6 is 0 Å². The lowest BCUT2D eigenvalue weighted by Crippen LogP contribution is -2.69. The topological polar surface area (TPSA) is 236 Å². The van der Waals surface area contributed by atoms with E-state index in [1.165, 1.54) is 0 Å². The largest absolute Gasteiger partial charge is 0.481 e. The van der Waals surface area contributed by atoms with Gasteiger partial charge in [-0.2, -0.15) is 0 Å². The van der Waals surface area contributed by atoms with Gasteiger partial charge >= 0.3 is 23.9 Å². The Labute approximate surface area is 145 Å². The van der Waals surface area contributed by atoms with E-state index in [0.29, 0.717) is 0 Å². The molecular weight excluding hydrogens is 364 g/mol. The minimum absolute atomic E-state index is 1.37. The van der Waals surface area contributed by atoms with Gasteiger partial charge in [-0.3, -0.25) is 19.2 Å². The third kappa shape index (κ3) is 5.45. The van der Waals surface area contributed by atoms with Gasteiger partial charge in [-0.05, 0) is 0 Å². The zero-order valence-electron chi connectivity index (χ0n) is 13.2. The second kappa shape index (κ2) is 9.19. The Morgan fingerprint density at radius 2 is 1.35 bits per heavy atom. The van der Waals surface area contributed by atoms with Crippen molar-refractivity contribution in [2.75, 3.05) is 13.2 Å². The van der Waals surface area contributed by atoms with Crippen LogP contribution in [-0.4, -0.2) is 95.9 Å². The quantitative estimate of drug-likeness (QED) is 0.156. The van der Waals surface area contributed by atoms with E-state index in [9.17, 15) is 34.2 Å². The number of aliphatic hydroxyl groups excluding tert-OH is 2. The van der Waals surface area contributed by atoms with Crippen LogP contribution in [0.15, 0.2) is 0 Å². The number of ketones is 1. The second-order valence-corrected chi connectivity index (χ2v) is 5.27. The summed E-state index contributed by atoms with van der Waals surface area (Å²) in [6.07, 6.45) is -7.10. The molecule has 0 rings (SSSR count). The molecule has 0 bridgehead atoms.